The second kappa shape index (κ2) is 11.2. The van der Waals surface area contributed by atoms with Crippen molar-refractivity contribution in [2.24, 2.45) is 0 Å². The van der Waals surface area contributed by atoms with Crippen molar-refractivity contribution in [2.45, 2.75) is 6.54 Å². The van der Waals surface area contributed by atoms with Gasteiger partial charge in [0, 0.05) is 28.0 Å². The third-order valence-electron chi connectivity index (χ3n) is 5.08. The lowest BCUT2D eigenvalue weighted by Gasteiger charge is -2.13. The summed E-state index contributed by atoms with van der Waals surface area (Å²) in [6.07, 6.45) is 0. The van der Waals surface area contributed by atoms with Gasteiger partial charge in [0.15, 0.2) is 11.6 Å². The number of aliphatic hydroxyl groups excluding tert-OH is 1. The average Bonchev–Trinajstić information content (AvgIpc) is 3.20. The fourth-order valence-corrected chi connectivity index (χ4v) is 4.44. The molecule has 7 nitrogen and oxygen atoms in total. The van der Waals surface area contributed by atoms with Crippen molar-refractivity contribution in [1.29, 1.82) is 5.26 Å². The Bertz CT molecular complexity index is 1500. The summed E-state index contributed by atoms with van der Waals surface area (Å²) < 4.78 is 26.8. The molecule has 0 saturated heterocycles. The van der Waals surface area contributed by atoms with E-state index >= 15 is 4.39 Å². The molecule has 4 aromatic rings. The number of nitrogens with one attached hydrogen (secondary N) is 2. The van der Waals surface area contributed by atoms with Crippen LogP contribution in [0.5, 0.6) is 17.2 Å². The second-order valence-electron chi connectivity index (χ2n) is 7.52. The molecule has 0 aliphatic heterocycles. The number of hydrogen-bond acceptors (Lipinski definition) is 5. The summed E-state index contributed by atoms with van der Waals surface area (Å²) in [5, 5.41) is 21.7. The first-order chi connectivity index (χ1) is 17.3. The van der Waals surface area contributed by atoms with E-state index in [-0.39, 0.29) is 58.1 Å². The van der Waals surface area contributed by atoms with Crippen LogP contribution in [0.15, 0.2) is 53.0 Å². The number of H-pyrrole nitrogens is 1. The van der Waals surface area contributed by atoms with Crippen LogP contribution in [-0.4, -0.2) is 29.2 Å². The van der Waals surface area contributed by atoms with E-state index in [1.54, 1.807) is 18.2 Å². The summed E-state index contributed by atoms with van der Waals surface area (Å²) in [6.45, 7) is -0.117. The number of halogens is 4. The maximum atomic E-state index is 15.2. The van der Waals surface area contributed by atoms with E-state index in [0.717, 1.165) is 0 Å². The van der Waals surface area contributed by atoms with Crippen LogP contribution >= 0.6 is 39.1 Å². The number of aromatic nitrogens is 1. The van der Waals surface area contributed by atoms with Crippen molar-refractivity contribution in [1.82, 2.24) is 10.3 Å². The Kier molecular flexibility index (Phi) is 8.01. The maximum absolute atomic E-state index is 15.2. The first kappa shape index (κ1) is 25.8. The Morgan fingerprint density at radius 2 is 1.97 bits per heavy atom. The van der Waals surface area contributed by atoms with Crippen molar-refractivity contribution in [3.63, 3.8) is 0 Å². The minimum absolute atomic E-state index is 0.0126. The molecule has 0 bridgehead atoms. The summed E-state index contributed by atoms with van der Waals surface area (Å²) in [4.78, 5) is 15.9. The van der Waals surface area contributed by atoms with E-state index < -0.39 is 11.7 Å². The molecule has 0 saturated carbocycles. The Balaban J connectivity index is 1.53. The summed E-state index contributed by atoms with van der Waals surface area (Å²) in [6, 6.07) is 14.3. The standard InChI is InChI=1S/C25H17BrCl2FN3O4/c26-21-18-10-16(35-6-5-33)2-4-20(18)32-23(21)25(34)31-12-14-1-3-19(28)24(22(14)29)36-17-8-13(11-30)7-15(27)9-17/h1-4,7-10,32-33H,5-6,12H2,(H,31,34). The van der Waals surface area contributed by atoms with E-state index in [1.807, 2.05) is 6.07 Å². The third-order valence-corrected chi connectivity index (χ3v) is 6.42. The lowest BCUT2D eigenvalue weighted by Crippen LogP contribution is -2.24. The molecule has 1 amide bonds. The SMILES string of the molecule is N#Cc1cc(Cl)cc(Oc2c(Cl)ccc(CNC(=O)c3[nH]c4ccc(OCCO)cc4c3Br)c2F)c1. The van der Waals surface area contributed by atoms with Gasteiger partial charge in [0.2, 0.25) is 0 Å². The lowest BCUT2D eigenvalue weighted by atomic mass is 10.2. The first-order valence-corrected chi connectivity index (χ1v) is 12.0. The molecule has 0 radical (unpaired) electrons. The number of ether oxygens (including phenoxy) is 2. The molecule has 0 spiro atoms. The second-order valence-corrected chi connectivity index (χ2v) is 9.15. The Morgan fingerprint density at radius 3 is 2.72 bits per heavy atom. The number of benzene rings is 3. The minimum Gasteiger partial charge on any atom is -0.491 e. The molecule has 184 valence electrons. The number of aromatic amines is 1. The Labute approximate surface area is 223 Å². The van der Waals surface area contributed by atoms with Gasteiger partial charge in [-0.15, -0.1) is 0 Å². The summed E-state index contributed by atoms with van der Waals surface area (Å²) in [7, 11) is 0. The van der Waals surface area contributed by atoms with E-state index in [0.29, 0.717) is 21.1 Å². The van der Waals surface area contributed by atoms with Gasteiger partial charge >= 0.3 is 0 Å². The highest BCUT2D eigenvalue weighted by Crippen LogP contribution is 2.35. The van der Waals surface area contributed by atoms with Gasteiger partial charge in [0.1, 0.15) is 23.8 Å². The molecule has 0 fully saturated rings. The fraction of sp³-hybridized carbons (Fsp3) is 0.120. The normalized spacial score (nSPS) is 10.8. The van der Waals surface area contributed by atoms with Crippen molar-refractivity contribution >= 4 is 55.9 Å². The number of carbonyl (C=O) groups excluding carboxylic acids is 1. The number of nitrogens with zero attached hydrogens (tertiary/aromatic N) is 1. The molecule has 11 heteroatoms. The molecule has 3 N–H and O–H groups in total. The zero-order valence-electron chi connectivity index (χ0n) is 18.4. The van der Waals surface area contributed by atoms with Gasteiger partial charge in [-0.05, 0) is 58.4 Å². The molecule has 0 aliphatic carbocycles. The molecular formula is C25H17BrCl2FN3O4. The van der Waals surface area contributed by atoms with E-state index in [2.05, 4.69) is 26.2 Å². The molecular weight excluding hydrogens is 576 g/mol. The molecule has 0 aliphatic rings. The highest BCUT2D eigenvalue weighted by atomic mass is 79.9. The molecule has 0 unspecified atom stereocenters. The van der Waals surface area contributed by atoms with Crippen molar-refractivity contribution in [3.8, 4) is 23.3 Å². The largest absolute Gasteiger partial charge is 0.491 e. The van der Waals surface area contributed by atoms with Crippen molar-refractivity contribution in [3.05, 3.63) is 85.7 Å². The summed E-state index contributed by atoms with van der Waals surface area (Å²) in [5.41, 5.74) is 1.32. The van der Waals surface area contributed by atoms with E-state index in [1.165, 1.54) is 30.3 Å². The van der Waals surface area contributed by atoms with Crippen LogP contribution in [0.3, 0.4) is 0 Å². The van der Waals surface area contributed by atoms with Gasteiger partial charge in [0.25, 0.3) is 5.91 Å². The van der Waals surface area contributed by atoms with Crippen molar-refractivity contribution in [2.75, 3.05) is 13.2 Å². The number of carbonyl (C=O) groups is 1. The molecule has 4 rings (SSSR count). The van der Waals surface area contributed by atoms with Gasteiger partial charge in [0.05, 0.1) is 27.7 Å². The number of nitriles is 1. The Hall–Kier alpha value is -3.29. The van der Waals surface area contributed by atoms with Crippen LogP contribution in [0.4, 0.5) is 4.39 Å². The van der Waals surface area contributed by atoms with Gasteiger partial charge in [-0.2, -0.15) is 5.26 Å². The van der Waals surface area contributed by atoms with Gasteiger partial charge < -0.3 is 24.9 Å². The van der Waals surface area contributed by atoms with Crippen LogP contribution in [0.25, 0.3) is 10.9 Å². The van der Waals surface area contributed by atoms with E-state index in [9.17, 15) is 4.79 Å². The van der Waals surface area contributed by atoms with Crippen LogP contribution < -0.4 is 14.8 Å². The van der Waals surface area contributed by atoms with Crippen LogP contribution in [0.1, 0.15) is 21.6 Å². The van der Waals surface area contributed by atoms with Crippen molar-refractivity contribution < 1.29 is 23.8 Å². The molecule has 1 heterocycles. The maximum Gasteiger partial charge on any atom is 0.269 e. The van der Waals surface area contributed by atoms with Gasteiger partial charge in [-0.25, -0.2) is 4.39 Å². The van der Waals surface area contributed by atoms with Crippen LogP contribution in [-0.2, 0) is 6.54 Å². The summed E-state index contributed by atoms with van der Waals surface area (Å²) >= 11 is 15.6. The number of amides is 1. The first-order valence-electron chi connectivity index (χ1n) is 10.5. The molecule has 36 heavy (non-hydrogen) atoms. The quantitative estimate of drug-likeness (QED) is 0.221. The Morgan fingerprint density at radius 1 is 1.17 bits per heavy atom. The third kappa shape index (κ3) is 5.58. The fourth-order valence-electron chi connectivity index (χ4n) is 3.42. The monoisotopic (exact) mass is 591 g/mol. The highest BCUT2D eigenvalue weighted by molar-refractivity contribution is 9.10. The average molecular weight is 593 g/mol. The predicted molar refractivity (Wildman–Crippen MR) is 137 cm³/mol. The smallest absolute Gasteiger partial charge is 0.269 e. The zero-order valence-corrected chi connectivity index (χ0v) is 21.5. The molecule has 1 aromatic heterocycles. The topological polar surface area (TPSA) is 107 Å². The molecule has 0 atom stereocenters. The van der Waals surface area contributed by atoms with Crippen LogP contribution in [0.2, 0.25) is 10.0 Å². The number of aliphatic hydroxyl groups is 1. The zero-order chi connectivity index (χ0) is 25.8. The predicted octanol–water partition coefficient (Wildman–Crippen LogP) is 6.34. The van der Waals surface area contributed by atoms with E-state index in [4.69, 9.17) is 43.0 Å². The number of rotatable bonds is 8. The minimum atomic E-state index is -0.761. The number of fused-ring (bicyclic) bond motifs is 1. The number of hydrogen-bond donors (Lipinski definition) is 3. The van der Waals surface area contributed by atoms with Gasteiger partial charge in [-0.3, -0.25) is 4.79 Å². The lowest BCUT2D eigenvalue weighted by molar-refractivity contribution is 0.0945. The highest BCUT2D eigenvalue weighted by Gasteiger charge is 2.19. The summed E-state index contributed by atoms with van der Waals surface area (Å²) in [5.74, 6) is -0.799. The molecule has 3 aromatic carbocycles. The van der Waals surface area contributed by atoms with Gasteiger partial charge in [-0.1, -0.05) is 29.3 Å². The van der Waals surface area contributed by atoms with Crippen LogP contribution in [0, 0.1) is 17.1 Å².